The molecule has 3 nitrogen and oxygen atoms in total. The molecule has 1 N–H and O–H groups in total. The second-order valence-electron chi connectivity index (χ2n) is 5.22. The van der Waals surface area contributed by atoms with Crippen molar-refractivity contribution in [2.45, 2.75) is 19.3 Å². The number of benzene rings is 1. The topological polar surface area (TPSA) is 29.9 Å². The highest BCUT2D eigenvalue weighted by atomic mass is 35.5. The minimum Gasteiger partial charge on any atom is -0.316 e. The highest BCUT2D eigenvalue weighted by molar-refractivity contribution is 5.85. The van der Waals surface area contributed by atoms with Crippen LogP contribution in [0.3, 0.4) is 0 Å². The molecule has 20 heavy (non-hydrogen) atoms. The van der Waals surface area contributed by atoms with E-state index in [1.54, 1.807) is 12.1 Å². The third-order valence-electron chi connectivity index (χ3n) is 3.91. The molecule has 0 spiro atoms. The maximum atomic E-state index is 13.0. The zero-order valence-corrected chi connectivity index (χ0v) is 12.2. The van der Waals surface area contributed by atoms with E-state index >= 15 is 0 Å². The van der Waals surface area contributed by atoms with Crippen LogP contribution >= 0.6 is 12.4 Å². The van der Waals surface area contributed by atoms with Crippen molar-refractivity contribution in [2.75, 3.05) is 13.1 Å². The number of nitrogens with zero attached hydrogens (tertiary/aromatic N) is 2. The molecule has 1 aliphatic heterocycles. The van der Waals surface area contributed by atoms with Crippen LogP contribution in [0.2, 0.25) is 0 Å². The molecular weight excluding hydrogens is 277 g/mol. The summed E-state index contributed by atoms with van der Waals surface area (Å²) in [5.74, 6) is 0.881. The first-order chi connectivity index (χ1) is 9.25. The Bertz CT molecular complexity index is 553. The summed E-state index contributed by atoms with van der Waals surface area (Å²) in [6.45, 7) is 4.35. The quantitative estimate of drug-likeness (QED) is 0.922. The predicted molar refractivity (Wildman–Crippen MR) is 80.2 cm³/mol. The summed E-state index contributed by atoms with van der Waals surface area (Å²) in [6, 6.07) is 8.59. The van der Waals surface area contributed by atoms with Crippen LogP contribution in [-0.4, -0.2) is 22.9 Å². The number of halogens is 2. The van der Waals surface area contributed by atoms with Crippen molar-refractivity contribution in [3.05, 3.63) is 48.0 Å². The molecule has 1 saturated heterocycles. The molecule has 0 unspecified atom stereocenters. The van der Waals surface area contributed by atoms with E-state index < -0.39 is 0 Å². The van der Waals surface area contributed by atoms with Crippen LogP contribution in [0.25, 0.3) is 5.69 Å². The van der Waals surface area contributed by atoms with E-state index in [2.05, 4.69) is 23.4 Å². The second kappa shape index (κ2) is 6.37. The van der Waals surface area contributed by atoms with Crippen molar-refractivity contribution >= 4 is 12.4 Å². The van der Waals surface area contributed by atoms with Crippen LogP contribution in [-0.2, 0) is 0 Å². The van der Waals surface area contributed by atoms with Crippen LogP contribution in [0.15, 0.2) is 36.5 Å². The third-order valence-corrected chi connectivity index (χ3v) is 3.91. The maximum absolute atomic E-state index is 13.0. The van der Waals surface area contributed by atoms with Crippen LogP contribution in [0.4, 0.5) is 4.39 Å². The van der Waals surface area contributed by atoms with Crippen LogP contribution in [0.1, 0.15) is 25.0 Å². The summed E-state index contributed by atoms with van der Waals surface area (Å²) in [7, 11) is 0. The Hall–Kier alpha value is -1.39. The summed E-state index contributed by atoms with van der Waals surface area (Å²) in [5, 5.41) is 7.81. The molecule has 1 aromatic carbocycles. The number of nitrogens with one attached hydrogen (secondary N) is 1. The normalized spacial score (nSPS) is 22.3. The highest BCUT2D eigenvalue weighted by Crippen LogP contribution is 2.31. The smallest absolute Gasteiger partial charge is 0.123 e. The number of hydrogen-bond acceptors (Lipinski definition) is 2. The average Bonchev–Trinajstić information content (AvgIpc) is 2.89. The lowest BCUT2D eigenvalue weighted by Gasteiger charge is -2.30. The van der Waals surface area contributed by atoms with Gasteiger partial charge in [0, 0.05) is 17.8 Å². The summed E-state index contributed by atoms with van der Waals surface area (Å²) >= 11 is 0. The van der Waals surface area contributed by atoms with Gasteiger partial charge in [-0.1, -0.05) is 6.92 Å². The van der Waals surface area contributed by atoms with E-state index in [1.165, 1.54) is 17.8 Å². The molecule has 0 bridgehead atoms. The molecule has 2 atom stereocenters. The van der Waals surface area contributed by atoms with Gasteiger partial charge in [-0.25, -0.2) is 9.07 Å². The highest BCUT2D eigenvalue weighted by Gasteiger charge is 2.25. The molecule has 0 saturated carbocycles. The fourth-order valence-electron chi connectivity index (χ4n) is 2.85. The maximum Gasteiger partial charge on any atom is 0.123 e. The molecule has 2 heterocycles. The van der Waals surface area contributed by atoms with Gasteiger partial charge < -0.3 is 5.32 Å². The van der Waals surface area contributed by atoms with Crippen molar-refractivity contribution in [1.82, 2.24) is 15.1 Å². The summed E-state index contributed by atoms with van der Waals surface area (Å²) < 4.78 is 14.9. The van der Waals surface area contributed by atoms with Crippen LogP contribution in [0.5, 0.6) is 0 Å². The monoisotopic (exact) mass is 295 g/mol. The molecule has 0 amide bonds. The van der Waals surface area contributed by atoms with Crippen molar-refractivity contribution in [1.29, 1.82) is 0 Å². The lowest BCUT2D eigenvalue weighted by molar-refractivity contribution is 0.339. The number of hydrogen-bond donors (Lipinski definition) is 1. The minimum absolute atomic E-state index is 0. The largest absolute Gasteiger partial charge is 0.316 e. The van der Waals surface area contributed by atoms with E-state index in [4.69, 9.17) is 0 Å². The SMILES string of the molecule is C[C@H]1CNCC[C@H]1c1ccnn1-c1ccc(F)cc1.Cl. The molecule has 2 aromatic rings. The van der Waals surface area contributed by atoms with Gasteiger partial charge in [-0.3, -0.25) is 0 Å². The Labute approximate surface area is 124 Å². The van der Waals surface area contributed by atoms with Gasteiger partial charge in [0.1, 0.15) is 5.82 Å². The molecule has 0 aliphatic carbocycles. The van der Waals surface area contributed by atoms with Gasteiger partial charge in [0.25, 0.3) is 0 Å². The molecule has 5 heteroatoms. The van der Waals surface area contributed by atoms with Gasteiger partial charge in [-0.2, -0.15) is 5.10 Å². The Morgan fingerprint density at radius 3 is 2.70 bits per heavy atom. The fraction of sp³-hybridized carbons (Fsp3) is 0.400. The first-order valence-corrected chi connectivity index (χ1v) is 6.76. The van der Waals surface area contributed by atoms with Gasteiger partial charge in [-0.15, -0.1) is 12.4 Å². The van der Waals surface area contributed by atoms with Gasteiger partial charge >= 0.3 is 0 Å². The van der Waals surface area contributed by atoms with Gasteiger partial charge in [0.2, 0.25) is 0 Å². The van der Waals surface area contributed by atoms with E-state index in [1.807, 2.05) is 10.9 Å². The zero-order valence-electron chi connectivity index (χ0n) is 11.4. The summed E-state index contributed by atoms with van der Waals surface area (Å²) in [4.78, 5) is 0. The third kappa shape index (κ3) is 2.86. The minimum atomic E-state index is -0.215. The van der Waals surface area contributed by atoms with Crippen LogP contribution < -0.4 is 5.32 Å². The van der Waals surface area contributed by atoms with E-state index in [-0.39, 0.29) is 18.2 Å². The Morgan fingerprint density at radius 2 is 2.00 bits per heavy atom. The molecule has 3 rings (SSSR count). The van der Waals surface area contributed by atoms with E-state index in [0.717, 1.165) is 25.2 Å². The van der Waals surface area contributed by atoms with E-state index in [9.17, 15) is 4.39 Å². The molecule has 1 aromatic heterocycles. The fourth-order valence-corrected chi connectivity index (χ4v) is 2.85. The van der Waals surface area contributed by atoms with E-state index in [0.29, 0.717) is 11.8 Å². The number of piperidine rings is 1. The lowest BCUT2D eigenvalue weighted by Crippen LogP contribution is -2.34. The van der Waals surface area contributed by atoms with Gasteiger partial charge in [0.05, 0.1) is 5.69 Å². The van der Waals surface area contributed by atoms with Crippen molar-refractivity contribution in [3.63, 3.8) is 0 Å². The Balaban J connectivity index is 0.00000147. The van der Waals surface area contributed by atoms with Crippen molar-refractivity contribution in [2.24, 2.45) is 5.92 Å². The predicted octanol–water partition coefficient (Wildman–Crippen LogP) is 3.15. The lowest BCUT2D eigenvalue weighted by atomic mass is 9.85. The molecular formula is C15H19ClFN3. The molecule has 1 fully saturated rings. The average molecular weight is 296 g/mol. The van der Waals surface area contributed by atoms with Crippen LogP contribution in [0, 0.1) is 11.7 Å². The standard InChI is InChI=1S/C15H18FN3.ClH/c1-11-10-17-8-6-14(11)15-7-9-18-19(15)13-4-2-12(16)3-5-13;/h2-5,7,9,11,14,17H,6,8,10H2,1H3;1H/t11-,14+;/m0./s1. The Kier molecular flexibility index (Phi) is 4.78. The van der Waals surface area contributed by atoms with Gasteiger partial charge in [0.15, 0.2) is 0 Å². The number of rotatable bonds is 2. The van der Waals surface area contributed by atoms with Crippen molar-refractivity contribution < 1.29 is 4.39 Å². The molecule has 108 valence electrons. The Morgan fingerprint density at radius 1 is 1.25 bits per heavy atom. The van der Waals surface area contributed by atoms with Gasteiger partial charge in [-0.05, 0) is 55.8 Å². The molecule has 0 radical (unpaired) electrons. The zero-order chi connectivity index (χ0) is 13.2. The van der Waals surface area contributed by atoms with Crippen molar-refractivity contribution in [3.8, 4) is 5.69 Å². The number of aromatic nitrogens is 2. The molecule has 1 aliphatic rings. The first kappa shape index (κ1) is 15.0. The first-order valence-electron chi connectivity index (χ1n) is 6.76. The summed E-state index contributed by atoms with van der Waals surface area (Å²) in [6.07, 6.45) is 2.95. The summed E-state index contributed by atoms with van der Waals surface area (Å²) in [5.41, 5.74) is 2.15. The second-order valence-corrected chi connectivity index (χ2v) is 5.22.